The van der Waals surface area contributed by atoms with E-state index in [0.717, 1.165) is 5.82 Å². The molecule has 0 atom stereocenters. The van der Waals surface area contributed by atoms with Crippen molar-refractivity contribution in [3.05, 3.63) is 48.0 Å². The Bertz CT molecular complexity index is 755. The highest BCUT2D eigenvalue weighted by atomic mass is 16.3. The summed E-state index contributed by atoms with van der Waals surface area (Å²) >= 11 is 0. The third-order valence-corrected chi connectivity index (χ3v) is 4.12. The van der Waals surface area contributed by atoms with Gasteiger partial charge in [0.2, 0.25) is 0 Å². The van der Waals surface area contributed by atoms with Crippen LogP contribution in [0.25, 0.3) is 0 Å². The van der Waals surface area contributed by atoms with Gasteiger partial charge in [-0.3, -0.25) is 9.59 Å². The fraction of sp³-hybridized carbons (Fsp3) is 0.421. The number of anilines is 1. The van der Waals surface area contributed by atoms with E-state index in [1.165, 1.54) is 6.26 Å². The lowest BCUT2D eigenvalue weighted by molar-refractivity contribution is 0.0714. The molecule has 138 valence electrons. The van der Waals surface area contributed by atoms with Gasteiger partial charge in [-0.25, -0.2) is 4.98 Å². The molecule has 2 aromatic rings. The lowest BCUT2D eigenvalue weighted by atomic mass is 10.1. The summed E-state index contributed by atoms with van der Waals surface area (Å²) in [5.74, 6) is 0.954. The van der Waals surface area contributed by atoms with Gasteiger partial charge in [0.25, 0.3) is 11.8 Å². The van der Waals surface area contributed by atoms with E-state index in [1.54, 1.807) is 29.3 Å². The van der Waals surface area contributed by atoms with Crippen LogP contribution in [0, 0.1) is 0 Å². The van der Waals surface area contributed by atoms with E-state index in [1.807, 2.05) is 26.8 Å². The zero-order valence-corrected chi connectivity index (χ0v) is 15.4. The number of amides is 2. The minimum Gasteiger partial charge on any atom is -0.459 e. The number of pyridine rings is 1. The molecular weight excluding hydrogens is 332 g/mol. The highest BCUT2D eigenvalue weighted by molar-refractivity contribution is 5.94. The van der Waals surface area contributed by atoms with Crippen LogP contribution in [0.4, 0.5) is 5.82 Å². The Kier molecular flexibility index (Phi) is 4.97. The molecule has 1 aliphatic heterocycles. The van der Waals surface area contributed by atoms with Gasteiger partial charge in [0, 0.05) is 37.9 Å². The topological polar surface area (TPSA) is 78.7 Å². The SMILES string of the molecule is CC(C)(C)NC(=O)c1ccc(N2CCN(C(=O)c3ccco3)CC2)nc1. The Morgan fingerprint density at radius 1 is 1.12 bits per heavy atom. The van der Waals surface area contributed by atoms with Crippen LogP contribution in [0.1, 0.15) is 41.7 Å². The molecule has 0 spiro atoms. The smallest absolute Gasteiger partial charge is 0.289 e. The predicted octanol–water partition coefficient (Wildman–Crippen LogP) is 2.17. The molecule has 2 amide bonds. The second-order valence-electron chi connectivity index (χ2n) is 7.37. The molecule has 3 rings (SSSR count). The van der Waals surface area contributed by atoms with Crippen LogP contribution in [-0.4, -0.2) is 53.4 Å². The Morgan fingerprint density at radius 3 is 2.38 bits per heavy atom. The molecule has 7 heteroatoms. The van der Waals surface area contributed by atoms with Gasteiger partial charge in [0.15, 0.2) is 5.76 Å². The normalized spacial score (nSPS) is 15.0. The highest BCUT2D eigenvalue weighted by Crippen LogP contribution is 2.16. The molecule has 1 aliphatic rings. The van der Waals surface area contributed by atoms with Crippen LogP contribution in [0.3, 0.4) is 0 Å². The van der Waals surface area contributed by atoms with Crippen molar-refractivity contribution in [3.63, 3.8) is 0 Å². The monoisotopic (exact) mass is 356 g/mol. The van der Waals surface area contributed by atoms with Crippen molar-refractivity contribution in [1.29, 1.82) is 0 Å². The summed E-state index contributed by atoms with van der Waals surface area (Å²) in [4.78, 5) is 32.8. The summed E-state index contributed by atoms with van der Waals surface area (Å²) in [5, 5.41) is 2.92. The minimum atomic E-state index is -0.285. The van der Waals surface area contributed by atoms with Crippen LogP contribution < -0.4 is 10.2 Å². The second-order valence-corrected chi connectivity index (χ2v) is 7.37. The molecule has 0 bridgehead atoms. The number of piperazine rings is 1. The van der Waals surface area contributed by atoms with Crippen LogP contribution >= 0.6 is 0 Å². The Morgan fingerprint density at radius 2 is 1.85 bits per heavy atom. The number of furan rings is 1. The summed E-state index contributed by atoms with van der Waals surface area (Å²) in [5.41, 5.74) is 0.252. The molecule has 0 aromatic carbocycles. The average Bonchev–Trinajstić information content (AvgIpc) is 3.14. The number of rotatable bonds is 3. The number of hydrogen-bond donors (Lipinski definition) is 1. The third kappa shape index (κ3) is 4.22. The number of nitrogens with zero attached hydrogens (tertiary/aromatic N) is 3. The number of carbonyl (C=O) groups is 2. The zero-order valence-electron chi connectivity index (χ0n) is 15.4. The quantitative estimate of drug-likeness (QED) is 0.912. The van der Waals surface area contributed by atoms with Crippen molar-refractivity contribution >= 4 is 17.6 Å². The number of aromatic nitrogens is 1. The average molecular weight is 356 g/mol. The number of hydrogen-bond acceptors (Lipinski definition) is 5. The molecule has 0 aliphatic carbocycles. The van der Waals surface area contributed by atoms with E-state index in [-0.39, 0.29) is 17.4 Å². The number of nitrogens with one attached hydrogen (secondary N) is 1. The van der Waals surface area contributed by atoms with Gasteiger partial charge in [-0.2, -0.15) is 0 Å². The number of carbonyl (C=O) groups excluding carboxylic acids is 2. The van der Waals surface area contributed by atoms with Gasteiger partial charge in [-0.15, -0.1) is 0 Å². The first-order chi connectivity index (χ1) is 12.3. The molecule has 0 saturated carbocycles. The van der Waals surface area contributed by atoms with Gasteiger partial charge < -0.3 is 19.5 Å². The second kappa shape index (κ2) is 7.19. The molecule has 2 aromatic heterocycles. The van der Waals surface area contributed by atoms with E-state index >= 15 is 0 Å². The van der Waals surface area contributed by atoms with E-state index in [9.17, 15) is 9.59 Å². The van der Waals surface area contributed by atoms with Crippen molar-refractivity contribution in [1.82, 2.24) is 15.2 Å². The van der Waals surface area contributed by atoms with E-state index < -0.39 is 0 Å². The summed E-state index contributed by atoms with van der Waals surface area (Å²) in [6, 6.07) is 7.02. The largest absolute Gasteiger partial charge is 0.459 e. The van der Waals surface area contributed by atoms with Crippen LogP contribution in [0.2, 0.25) is 0 Å². The van der Waals surface area contributed by atoms with E-state index in [0.29, 0.717) is 37.5 Å². The summed E-state index contributed by atoms with van der Waals surface area (Å²) in [6.07, 6.45) is 3.10. The summed E-state index contributed by atoms with van der Waals surface area (Å²) in [6.45, 7) is 8.41. The van der Waals surface area contributed by atoms with Crippen molar-refractivity contribution in [2.75, 3.05) is 31.1 Å². The summed E-state index contributed by atoms with van der Waals surface area (Å²) < 4.78 is 5.18. The molecule has 1 N–H and O–H groups in total. The maximum Gasteiger partial charge on any atom is 0.289 e. The Labute approximate surface area is 153 Å². The lowest BCUT2D eigenvalue weighted by Gasteiger charge is -2.35. The molecule has 7 nitrogen and oxygen atoms in total. The van der Waals surface area contributed by atoms with Crippen LogP contribution in [-0.2, 0) is 0 Å². The predicted molar refractivity (Wildman–Crippen MR) is 98.3 cm³/mol. The Balaban J connectivity index is 1.58. The first kappa shape index (κ1) is 18.0. The molecule has 26 heavy (non-hydrogen) atoms. The van der Waals surface area contributed by atoms with Crippen molar-refractivity contribution in [3.8, 4) is 0 Å². The van der Waals surface area contributed by atoms with Gasteiger partial charge in [0.1, 0.15) is 5.82 Å². The molecular formula is C19H24N4O3. The third-order valence-electron chi connectivity index (χ3n) is 4.12. The van der Waals surface area contributed by atoms with Crippen molar-refractivity contribution in [2.24, 2.45) is 0 Å². The molecule has 3 heterocycles. The summed E-state index contributed by atoms with van der Waals surface area (Å²) in [7, 11) is 0. The lowest BCUT2D eigenvalue weighted by Crippen LogP contribution is -2.49. The first-order valence-corrected chi connectivity index (χ1v) is 8.70. The standard InChI is InChI=1S/C19H24N4O3/c1-19(2,3)21-17(24)14-6-7-16(20-13-14)22-8-10-23(11-9-22)18(25)15-5-4-12-26-15/h4-7,12-13H,8-11H2,1-3H3,(H,21,24). The minimum absolute atomic E-state index is 0.0863. The van der Waals surface area contributed by atoms with Gasteiger partial charge in [0.05, 0.1) is 11.8 Å². The molecule has 1 saturated heterocycles. The Hall–Kier alpha value is -2.83. The van der Waals surface area contributed by atoms with Crippen LogP contribution in [0.15, 0.2) is 41.1 Å². The maximum absolute atomic E-state index is 12.3. The van der Waals surface area contributed by atoms with Crippen molar-refractivity contribution in [2.45, 2.75) is 26.3 Å². The maximum atomic E-state index is 12.3. The van der Waals surface area contributed by atoms with Crippen LogP contribution in [0.5, 0.6) is 0 Å². The fourth-order valence-electron chi connectivity index (χ4n) is 2.81. The van der Waals surface area contributed by atoms with E-state index in [2.05, 4.69) is 15.2 Å². The zero-order chi connectivity index (χ0) is 18.7. The first-order valence-electron chi connectivity index (χ1n) is 8.70. The van der Waals surface area contributed by atoms with Gasteiger partial charge in [-0.1, -0.05) is 0 Å². The van der Waals surface area contributed by atoms with Gasteiger partial charge in [-0.05, 0) is 45.0 Å². The van der Waals surface area contributed by atoms with Crippen molar-refractivity contribution < 1.29 is 14.0 Å². The highest BCUT2D eigenvalue weighted by Gasteiger charge is 2.24. The fourth-order valence-corrected chi connectivity index (χ4v) is 2.81. The molecule has 0 radical (unpaired) electrons. The van der Waals surface area contributed by atoms with E-state index in [4.69, 9.17) is 4.42 Å². The van der Waals surface area contributed by atoms with Gasteiger partial charge >= 0.3 is 0 Å². The molecule has 0 unspecified atom stereocenters. The molecule has 1 fully saturated rings.